The van der Waals surface area contributed by atoms with E-state index in [9.17, 15) is 9.59 Å². The van der Waals surface area contributed by atoms with Crippen LogP contribution in [0.1, 0.15) is 27.5 Å². The zero-order valence-electron chi connectivity index (χ0n) is 16.6. The lowest BCUT2D eigenvalue weighted by Gasteiger charge is -2.31. The van der Waals surface area contributed by atoms with Crippen molar-refractivity contribution in [2.45, 2.75) is 6.04 Å². The highest BCUT2D eigenvalue weighted by Gasteiger charge is 2.19. The first-order chi connectivity index (χ1) is 14.2. The summed E-state index contributed by atoms with van der Waals surface area (Å²) in [5, 5.41) is 5.71. The Bertz CT molecular complexity index is 828. The molecule has 0 aliphatic carbocycles. The smallest absolute Gasteiger partial charge is 0.251 e. The van der Waals surface area contributed by atoms with Crippen molar-refractivity contribution in [3.63, 3.8) is 0 Å². The maximum atomic E-state index is 12.6. The van der Waals surface area contributed by atoms with Gasteiger partial charge in [0.25, 0.3) is 5.91 Å². The molecule has 0 radical (unpaired) electrons. The molecule has 2 aromatic rings. The Morgan fingerprint density at radius 2 is 1.76 bits per heavy atom. The number of carbonyl (C=O) groups excluding carboxylic acids is 2. The minimum Gasteiger partial charge on any atom is -0.379 e. The molecule has 6 heteroatoms. The third-order valence-electron chi connectivity index (χ3n) is 4.89. The van der Waals surface area contributed by atoms with Gasteiger partial charge in [0.2, 0.25) is 5.91 Å². The summed E-state index contributed by atoms with van der Waals surface area (Å²) in [5.41, 5.74) is 2.52. The van der Waals surface area contributed by atoms with Crippen molar-refractivity contribution in [1.29, 1.82) is 0 Å². The Morgan fingerprint density at radius 1 is 1.07 bits per heavy atom. The van der Waals surface area contributed by atoms with Crippen molar-refractivity contribution in [2.24, 2.45) is 0 Å². The van der Waals surface area contributed by atoms with E-state index in [-0.39, 0.29) is 17.9 Å². The van der Waals surface area contributed by atoms with Gasteiger partial charge in [0.15, 0.2) is 0 Å². The minimum absolute atomic E-state index is 0.0953. The molecule has 2 N–H and O–H groups in total. The van der Waals surface area contributed by atoms with Gasteiger partial charge < -0.3 is 15.4 Å². The molecule has 6 nitrogen and oxygen atoms in total. The van der Waals surface area contributed by atoms with Crippen LogP contribution in [-0.2, 0) is 9.53 Å². The van der Waals surface area contributed by atoms with E-state index in [0.29, 0.717) is 5.56 Å². The maximum absolute atomic E-state index is 12.6. The molecular weight excluding hydrogens is 366 g/mol. The molecule has 1 unspecified atom stereocenters. The first-order valence-corrected chi connectivity index (χ1v) is 9.81. The molecule has 1 saturated heterocycles. The van der Waals surface area contributed by atoms with E-state index in [1.54, 1.807) is 25.3 Å². The van der Waals surface area contributed by atoms with Crippen molar-refractivity contribution in [3.8, 4) is 0 Å². The Kier molecular flexibility index (Phi) is 7.55. The van der Waals surface area contributed by atoms with Gasteiger partial charge in [-0.15, -0.1) is 0 Å². The molecule has 0 spiro atoms. The third kappa shape index (κ3) is 6.27. The average molecular weight is 393 g/mol. The molecule has 1 aliphatic rings. The van der Waals surface area contributed by atoms with Crippen molar-refractivity contribution in [2.75, 3.05) is 39.9 Å². The fourth-order valence-corrected chi connectivity index (χ4v) is 3.24. The van der Waals surface area contributed by atoms with E-state index >= 15 is 0 Å². The van der Waals surface area contributed by atoms with Crippen molar-refractivity contribution in [1.82, 2.24) is 15.5 Å². The third-order valence-corrected chi connectivity index (χ3v) is 4.89. The summed E-state index contributed by atoms with van der Waals surface area (Å²) in [6.45, 7) is 3.93. The SMILES string of the molecule is CNC(=O)c1ccc(/C=C/C(=O)NC(CN2CCOCC2)c2ccccc2)cc1. The first kappa shape index (κ1) is 20.8. The Labute approximate surface area is 171 Å². The van der Waals surface area contributed by atoms with Crippen LogP contribution in [0.25, 0.3) is 6.08 Å². The topological polar surface area (TPSA) is 70.7 Å². The fraction of sp³-hybridized carbons (Fsp3) is 0.304. The second-order valence-corrected chi connectivity index (χ2v) is 6.92. The maximum Gasteiger partial charge on any atom is 0.251 e. The zero-order chi connectivity index (χ0) is 20.5. The van der Waals surface area contributed by atoms with Gasteiger partial charge in [0.05, 0.1) is 19.3 Å². The van der Waals surface area contributed by atoms with E-state index in [2.05, 4.69) is 15.5 Å². The van der Waals surface area contributed by atoms with Crippen LogP contribution in [0.15, 0.2) is 60.7 Å². The lowest BCUT2D eigenvalue weighted by Crippen LogP contribution is -2.42. The van der Waals surface area contributed by atoms with Gasteiger partial charge in [-0.1, -0.05) is 42.5 Å². The summed E-state index contributed by atoms with van der Waals surface area (Å²) in [7, 11) is 1.60. The van der Waals surface area contributed by atoms with E-state index in [1.165, 1.54) is 6.08 Å². The molecule has 1 heterocycles. The summed E-state index contributed by atoms with van der Waals surface area (Å²) in [6.07, 6.45) is 3.28. The van der Waals surface area contributed by atoms with Crippen LogP contribution in [0.4, 0.5) is 0 Å². The molecule has 2 amide bonds. The van der Waals surface area contributed by atoms with E-state index < -0.39 is 0 Å². The molecule has 0 saturated carbocycles. The predicted molar refractivity (Wildman–Crippen MR) is 113 cm³/mol. The van der Waals surface area contributed by atoms with Crippen molar-refractivity contribution < 1.29 is 14.3 Å². The molecule has 0 bridgehead atoms. The monoisotopic (exact) mass is 393 g/mol. The molecule has 29 heavy (non-hydrogen) atoms. The number of hydrogen-bond acceptors (Lipinski definition) is 4. The summed E-state index contributed by atoms with van der Waals surface area (Å²) >= 11 is 0. The van der Waals surface area contributed by atoms with Crippen LogP contribution < -0.4 is 10.6 Å². The van der Waals surface area contributed by atoms with E-state index in [4.69, 9.17) is 4.74 Å². The Hall–Kier alpha value is -2.96. The Morgan fingerprint density at radius 3 is 2.41 bits per heavy atom. The standard InChI is InChI=1S/C23H27N3O3/c1-24-23(28)20-10-7-18(8-11-20)9-12-22(27)25-21(19-5-3-2-4-6-19)17-26-13-15-29-16-14-26/h2-12,21H,13-17H2,1H3,(H,24,28)(H,25,27)/b12-9+. The molecule has 1 atom stereocenters. The summed E-state index contributed by atoms with van der Waals surface area (Å²) in [4.78, 5) is 26.5. The van der Waals surface area contributed by atoms with Gasteiger partial charge in [-0.05, 0) is 29.3 Å². The largest absolute Gasteiger partial charge is 0.379 e. The Balaban J connectivity index is 1.64. The molecule has 152 valence electrons. The minimum atomic E-state index is -0.150. The second kappa shape index (κ2) is 10.5. The summed E-state index contributed by atoms with van der Waals surface area (Å²) in [5.74, 6) is -0.283. The average Bonchev–Trinajstić information content (AvgIpc) is 2.78. The number of rotatable bonds is 7. The van der Waals surface area contributed by atoms with Gasteiger partial charge in [0.1, 0.15) is 0 Å². The highest BCUT2D eigenvalue weighted by molar-refractivity contribution is 5.94. The number of ether oxygens (including phenoxy) is 1. The fourth-order valence-electron chi connectivity index (χ4n) is 3.24. The molecule has 2 aromatic carbocycles. The van der Waals surface area contributed by atoms with Crippen molar-refractivity contribution >= 4 is 17.9 Å². The van der Waals surface area contributed by atoms with E-state index in [0.717, 1.165) is 44.0 Å². The van der Waals surface area contributed by atoms with Crippen LogP contribution in [0.2, 0.25) is 0 Å². The lowest BCUT2D eigenvalue weighted by molar-refractivity contribution is -0.117. The van der Waals surface area contributed by atoms with Crippen LogP contribution in [0.5, 0.6) is 0 Å². The van der Waals surface area contributed by atoms with Gasteiger partial charge in [-0.3, -0.25) is 14.5 Å². The van der Waals surface area contributed by atoms with Gasteiger partial charge >= 0.3 is 0 Å². The van der Waals surface area contributed by atoms with Crippen LogP contribution in [-0.4, -0.2) is 56.6 Å². The van der Waals surface area contributed by atoms with Crippen LogP contribution in [0.3, 0.4) is 0 Å². The number of carbonyl (C=O) groups is 2. The molecule has 1 fully saturated rings. The molecule has 0 aromatic heterocycles. The number of nitrogens with one attached hydrogen (secondary N) is 2. The van der Waals surface area contributed by atoms with Gasteiger partial charge in [-0.2, -0.15) is 0 Å². The summed E-state index contributed by atoms with van der Waals surface area (Å²) in [6, 6.07) is 17.0. The highest BCUT2D eigenvalue weighted by Crippen LogP contribution is 2.15. The number of nitrogens with zero attached hydrogens (tertiary/aromatic N) is 1. The van der Waals surface area contributed by atoms with E-state index in [1.807, 2.05) is 42.5 Å². The molecular formula is C23H27N3O3. The number of benzene rings is 2. The predicted octanol–water partition coefficient (Wildman–Crippen LogP) is 2.25. The normalized spacial score (nSPS) is 15.8. The van der Waals surface area contributed by atoms with Crippen LogP contribution >= 0.6 is 0 Å². The number of amides is 2. The zero-order valence-corrected chi connectivity index (χ0v) is 16.6. The first-order valence-electron chi connectivity index (χ1n) is 9.81. The second-order valence-electron chi connectivity index (χ2n) is 6.92. The quantitative estimate of drug-likeness (QED) is 0.708. The summed E-state index contributed by atoms with van der Waals surface area (Å²) < 4.78 is 5.42. The van der Waals surface area contributed by atoms with Crippen molar-refractivity contribution in [3.05, 3.63) is 77.4 Å². The molecule has 1 aliphatic heterocycles. The number of hydrogen-bond donors (Lipinski definition) is 2. The highest BCUT2D eigenvalue weighted by atomic mass is 16.5. The lowest BCUT2D eigenvalue weighted by atomic mass is 10.1. The van der Waals surface area contributed by atoms with Gasteiger partial charge in [0, 0.05) is 38.3 Å². The van der Waals surface area contributed by atoms with Crippen LogP contribution in [0, 0.1) is 0 Å². The van der Waals surface area contributed by atoms with Gasteiger partial charge in [-0.25, -0.2) is 0 Å². The molecule has 3 rings (SSSR count). The number of morpholine rings is 1.